The molecule has 1 saturated carbocycles. The molecule has 0 atom stereocenters. The molecule has 6 rings (SSSR count). The SMILES string of the molecule is CN1/C(=C/C2C(=O)C(=CC3=[N+](C)c4ccccc4C3(C)C)C2=O)Sc2ccc3ccccc3c21. The number of hydrogen-bond acceptors (Lipinski definition) is 4. The van der Waals surface area contributed by atoms with Gasteiger partial charge < -0.3 is 4.90 Å². The van der Waals surface area contributed by atoms with Crippen LogP contribution in [-0.4, -0.2) is 35.9 Å². The summed E-state index contributed by atoms with van der Waals surface area (Å²) in [6.45, 7) is 4.28. The van der Waals surface area contributed by atoms with Crippen LogP contribution >= 0.6 is 11.8 Å². The molecule has 0 unspecified atom stereocenters. The van der Waals surface area contributed by atoms with E-state index in [-0.39, 0.29) is 17.0 Å². The summed E-state index contributed by atoms with van der Waals surface area (Å²) in [5.74, 6) is -0.908. The van der Waals surface area contributed by atoms with E-state index in [1.807, 2.05) is 50.5 Å². The standard InChI is InChI=1S/C29H25N2O2S/c1-29(2)21-11-7-8-12-22(21)30(3)24(29)15-19-27(32)20(28(19)33)16-25-31(4)26-18-10-6-5-9-17(18)13-14-23(26)34-25/h5-16,20H,1-4H3/q+1/b19-15?,25-16-. The molecule has 0 aromatic heterocycles. The van der Waals surface area contributed by atoms with Crippen LogP contribution < -0.4 is 4.90 Å². The molecule has 0 spiro atoms. The Morgan fingerprint density at radius 1 is 0.971 bits per heavy atom. The van der Waals surface area contributed by atoms with Crippen LogP contribution in [0.1, 0.15) is 19.4 Å². The Morgan fingerprint density at radius 3 is 2.44 bits per heavy atom. The van der Waals surface area contributed by atoms with Gasteiger partial charge in [0.15, 0.2) is 17.3 Å². The summed E-state index contributed by atoms with van der Waals surface area (Å²) in [7, 11) is 4.00. The third-order valence-corrected chi connectivity index (χ3v) is 8.54. The van der Waals surface area contributed by atoms with Gasteiger partial charge in [-0.15, -0.1) is 0 Å². The van der Waals surface area contributed by atoms with E-state index in [0.717, 1.165) is 27.0 Å². The molecule has 3 aliphatic rings. The molecule has 0 bridgehead atoms. The van der Waals surface area contributed by atoms with Crippen molar-refractivity contribution in [1.29, 1.82) is 0 Å². The van der Waals surface area contributed by atoms with Gasteiger partial charge in [0.05, 0.1) is 21.7 Å². The molecular weight excluding hydrogens is 440 g/mol. The van der Waals surface area contributed by atoms with Crippen molar-refractivity contribution in [1.82, 2.24) is 0 Å². The number of hydrogen-bond donors (Lipinski definition) is 0. The Labute approximate surface area is 203 Å². The Bertz CT molecular complexity index is 1510. The maximum atomic E-state index is 13.1. The lowest BCUT2D eigenvalue weighted by Crippen LogP contribution is -2.41. The summed E-state index contributed by atoms with van der Waals surface area (Å²) < 4.78 is 2.09. The first-order valence-electron chi connectivity index (χ1n) is 11.4. The predicted molar refractivity (Wildman–Crippen MR) is 138 cm³/mol. The van der Waals surface area contributed by atoms with Crippen molar-refractivity contribution in [2.45, 2.75) is 24.2 Å². The van der Waals surface area contributed by atoms with E-state index in [1.54, 1.807) is 11.8 Å². The Kier molecular flexibility index (Phi) is 4.52. The van der Waals surface area contributed by atoms with Gasteiger partial charge in [-0.05, 0) is 31.4 Å². The molecule has 0 radical (unpaired) electrons. The highest BCUT2D eigenvalue weighted by molar-refractivity contribution is 8.03. The number of carbonyl (C=O) groups excluding carboxylic acids is 2. The summed E-state index contributed by atoms with van der Waals surface area (Å²) in [5.41, 5.74) is 4.46. The molecule has 3 aromatic carbocycles. The van der Waals surface area contributed by atoms with Crippen LogP contribution in [0.4, 0.5) is 11.4 Å². The minimum absolute atomic E-state index is 0.0972. The minimum Gasteiger partial charge on any atom is -0.338 e. The highest BCUT2D eigenvalue weighted by Gasteiger charge is 2.48. The van der Waals surface area contributed by atoms with Crippen LogP contribution in [-0.2, 0) is 15.0 Å². The first-order chi connectivity index (χ1) is 16.3. The fourth-order valence-corrected chi connectivity index (χ4v) is 6.57. The summed E-state index contributed by atoms with van der Waals surface area (Å²) in [5, 5.41) is 3.28. The highest BCUT2D eigenvalue weighted by atomic mass is 32.2. The molecule has 2 aliphatic heterocycles. The summed E-state index contributed by atoms with van der Waals surface area (Å²) in [4.78, 5) is 29.5. The molecule has 168 valence electrons. The molecule has 34 heavy (non-hydrogen) atoms. The lowest BCUT2D eigenvalue weighted by atomic mass is 9.73. The van der Waals surface area contributed by atoms with Crippen molar-refractivity contribution in [2.24, 2.45) is 5.92 Å². The number of thioether (sulfide) groups is 1. The van der Waals surface area contributed by atoms with E-state index >= 15 is 0 Å². The number of carbonyl (C=O) groups is 2. The number of ketones is 2. The van der Waals surface area contributed by atoms with Crippen LogP contribution in [0, 0.1) is 5.92 Å². The fraction of sp³-hybridized carbons (Fsp3) is 0.207. The summed E-state index contributed by atoms with van der Waals surface area (Å²) >= 11 is 1.62. The monoisotopic (exact) mass is 465 g/mol. The highest BCUT2D eigenvalue weighted by Crippen LogP contribution is 2.49. The topological polar surface area (TPSA) is 40.4 Å². The molecule has 0 N–H and O–H groups in total. The zero-order valence-electron chi connectivity index (χ0n) is 19.6. The van der Waals surface area contributed by atoms with E-state index < -0.39 is 5.92 Å². The molecule has 5 heteroatoms. The average molecular weight is 466 g/mol. The predicted octanol–water partition coefficient (Wildman–Crippen LogP) is 5.62. The van der Waals surface area contributed by atoms with E-state index in [4.69, 9.17) is 0 Å². The average Bonchev–Trinajstić information content (AvgIpc) is 3.27. The van der Waals surface area contributed by atoms with E-state index in [0.29, 0.717) is 5.57 Å². The molecule has 0 amide bonds. The van der Waals surface area contributed by atoms with E-state index in [1.165, 1.54) is 16.3 Å². The number of Topliss-reactive ketones (excluding diaryl/α,β-unsaturated/α-hetero) is 2. The molecule has 4 nitrogen and oxygen atoms in total. The van der Waals surface area contributed by atoms with Crippen LogP contribution in [0.15, 0.2) is 88.3 Å². The molecule has 1 fully saturated rings. The van der Waals surface area contributed by atoms with Gasteiger partial charge in [-0.1, -0.05) is 60.3 Å². The molecule has 2 heterocycles. The largest absolute Gasteiger partial charge is 0.338 e. The Balaban J connectivity index is 1.31. The lowest BCUT2D eigenvalue weighted by Gasteiger charge is -2.25. The molecular formula is C29H25N2O2S+. The molecule has 0 saturated heterocycles. The van der Waals surface area contributed by atoms with Crippen molar-refractivity contribution >= 4 is 51.2 Å². The van der Waals surface area contributed by atoms with Gasteiger partial charge in [0.25, 0.3) is 0 Å². The van der Waals surface area contributed by atoms with E-state index in [9.17, 15) is 9.59 Å². The van der Waals surface area contributed by atoms with Gasteiger partial charge >= 0.3 is 0 Å². The quantitative estimate of drug-likeness (QED) is 0.213. The first kappa shape index (κ1) is 21.1. The number of rotatable bonds is 2. The molecule has 3 aromatic rings. The van der Waals surface area contributed by atoms with Gasteiger partial charge in [-0.3, -0.25) is 9.59 Å². The summed E-state index contributed by atoms with van der Waals surface area (Å²) in [6, 6.07) is 20.8. The normalized spacial score (nSPS) is 21.9. The number of anilines is 1. The van der Waals surface area contributed by atoms with Crippen LogP contribution in [0.5, 0.6) is 0 Å². The van der Waals surface area contributed by atoms with Gasteiger partial charge in [-0.2, -0.15) is 4.58 Å². The number of benzene rings is 3. The fourth-order valence-electron chi connectivity index (χ4n) is 5.43. The second kappa shape index (κ2) is 7.28. The Morgan fingerprint density at radius 2 is 1.68 bits per heavy atom. The third-order valence-electron chi connectivity index (χ3n) is 7.37. The lowest BCUT2D eigenvalue weighted by molar-refractivity contribution is -0.401. The van der Waals surface area contributed by atoms with Crippen molar-refractivity contribution in [2.75, 3.05) is 19.0 Å². The Hall–Kier alpha value is -3.44. The second-order valence-electron chi connectivity index (χ2n) is 9.65. The number of allylic oxidation sites excluding steroid dienone is 3. The van der Waals surface area contributed by atoms with Gasteiger partial charge in [0.2, 0.25) is 5.69 Å². The van der Waals surface area contributed by atoms with Crippen LogP contribution in [0.2, 0.25) is 0 Å². The van der Waals surface area contributed by atoms with Crippen molar-refractivity contribution in [3.05, 3.63) is 89.0 Å². The van der Waals surface area contributed by atoms with Gasteiger partial charge in [0.1, 0.15) is 13.0 Å². The number of para-hydroxylation sites is 1. The van der Waals surface area contributed by atoms with Crippen molar-refractivity contribution in [3.63, 3.8) is 0 Å². The van der Waals surface area contributed by atoms with Crippen LogP contribution in [0.25, 0.3) is 10.8 Å². The number of fused-ring (bicyclic) bond motifs is 4. The zero-order chi connectivity index (χ0) is 23.8. The maximum absolute atomic E-state index is 13.1. The summed E-state index contributed by atoms with van der Waals surface area (Å²) in [6.07, 6.45) is 3.65. The second-order valence-corrected chi connectivity index (χ2v) is 10.7. The molecule has 1 aliphatic carbocycles. The third kappa shape index (κ3) is 2.83. The number of nitrogens with zero attached hydrogens (tertiary/aromatic N) is 2. The first-order valence-corrected chi connectivity index (χ1v) is 12.3. The van der Waals surface area contributed by atoms with Crippen LogP contribution in [0.3, 0.4) is 0 Å². The minimum atomic E-state index is -0.713. The van der Waals surface area contributed by atoms with E-state index in [2.05, 4.69) is 59.7 Å². The van der Waals surface area contributed by atoms with Gasteiger partial charge in [-0.25, -0.2) is 0 Å². The maximum Gasteiger partial charge on any atom is 0.209 e. The van der Waals surface area contributed by atoms with Gasteiger partial charge in [0, 0.05) is 35.0 Å². The smallest absolute Gasteiger partial charge is 0.209 e. The van der Waals surface area contributed by atoms with Crippen molar-refractivity contribution in [3.8, 4) is 0 Å². The van der Waals surface area contributed by atoms with Crippen molar-refractivity contribution < 1.29 is 14.2 Å². The zero-order valence-corrected chi connectivity index (χ0v) is 20.4.